The Hall–Kier alpha value is -3.12. The van der Waals surface area contributed by atoms with Gasteiger partial charge in [0.05, 0.1) is 15.3 Å². The molecule has 0 spiro atoms. The number of amides is 2. The van der Waals surface area contributed by atoms with E-state index in [1.54, 1.807) is 24.3 Å². The van der Waals surface area contributed by atoms with E-state index in [4.69, 9.17) is 28.2 Å². The number of alkyl halides is 3. The molecule has 0 saturated carbocycles. The number of aromatic nitrogens is 2. The molecule has 0 aliphatic rings. The van der Waals surface area contributed by atoms with Crippen LogP contribution in [-0.2, 0) is 6.18 Å². The number of thiophene rings is 1. The van der Waals surface area contributed by atoms with Crippen molar-refractivity contribution in [3.63, 3.8) is 0 Å². The van der Waals surface area contributed by atoms with Crippen LogP contribution in [0.25, 0.3) is 21.6 Å². The zero-order valence-electron chi connectivity index (χ0n) is 21.7. The van der Waals surface area contributed by atoms with Crippen molar-refractivity contribution < 1.29 is 18.0 Å². The number of urea groups is 1. The second-order valence-electron chi connectivity index (χ2n) is 8.81. The molecule has 0 aliphatic carbocycles. The second-order valence-corrected chi connectivity index (χ2v) is 10.8. The molecule has 2 amide bonds. The second kappa shape index (κ2) is 13.0. The third kappa shape index (κ3) is 7.34. The summed E-state index contributed by atoms with van der Waals surface area (Å²) < 4.78 is 40.0. The van der Waals surface area contributed by atoms with Crippen LogP contribution < -0.4 is 16.0 Å². The lowest BCUT2D eigenvalue weighted by molar-refractivity contribution is -0.137. The number of rotatable bonds is 10. The minimum atomic E-state index is -4.51. The summed E-state index contributed by atoms with van der Waals surface area (Å²) in [6, 6.07) is 10.5. The van der Waals surface area contributed by atoms with Crippen LogP contribution in [-0.4, -0.2) is 47.1 Å². The van der Waals surface area contributed by atoms with Crippen LogP contribution in [0.15, 0.2) is 48.5 Å². The van der Waals surface area contributed by atoms with Crippen LogP contribution >= 0.6 is 34.5 Å². The van der Waals surface area contributed by atoms with Gasteiger partial charge in [-0.15, -0.1) is 11.3 Å². The summed E-state index contributed by atoms with van der Waals surface area (Å²) in [5, 5.41) is 8.78. The van der Waals surface area contributed by atoms with E-state index in [0.29, 0.717) is 44.3 Å². The molecule has 0 fully saturated rings. The van der Waals surface area contributed by atoms with Crippen molar-refractivity contribution in [2.75, 3.05) is 42.1 Å². The number of nitrogens with one attached hydrogen (secondary N) is 3. The molecule has 40 heavy (non-hydrogen) atoms. The number of anilines is 3. The van der Waals surface area contributed by atoms with Gasteiger partial charge in [-0.25, -0.2) is 14.8 Å². The molecule has 4 aromatic rings. The monoisotopic (exact) mass is 610 g/mol. The maximum Gasteiger partial charge on any atom is 0.416 e. The van der Waals surface area contributed by atoms with E-state index in [2.05, 4.69) is 39.7 Å². The molecular formula is C27H27Cl2F3N6OS. The van der Waals surface area contributed by atoms with Gasteiger partial charge in [0.1, 0.15) is 15.7 Å². The summed E-state index contributed by atoms with van der Waals surface area (Å²) >= 11 is 14.1. The quantitative estimate of drug-likeness (QED) is 0.157. The van der Waals surface area contributed by atoms with Gasteiger partial charge in [0.2, 0.25) is 0 Å². The smallest absolute Gasteiger partial charge is 0.369 e. The first kappa shape index (κ1) is 29.9. The normalized spacial score (nSPS) is 11.7. The van der Waals surface area contributed by atoms with E-state index < -0.39 is 17.8 Å². The number of carbonyl (C=O) groups excluding carboxylic acids is 1. The lowest BCUT2D eigenvalue weighted by Gasteiger charge is -2.18. The summed E-state index contributed by atoms with van der Waals surface area (Å²) in [4.78, 5) is 24.1. The molecule has 0 unspecified atom stereocenters. The van der Waals surface area contributed by atoms with Crippen molar-refractivity contribution in [2.24, 2.45) is 0 Å². The minimum absolute atomic E-state index is 0.0223. The highest BCUT2D eigenvalue weighted by atomic mass is 35.5. The topological polar surface area (TPSA) is 82.2 Å². The van der Waals surface area contributed by atoms with Gasteiger partial charge in [-0.05, 0) is 68.5 Å². The highest BCUT2D eigenvalue weighted by Crippen LogP contribution is 2.41. The van der Waals surface area contributed by atoms with E-state index in [1.165, 1.54) is 23.5 Å². The van der Waals surface area contributed by atoms with E-state index in [1.807, 2.05) is 0 Å². The van der Waals surface area contributed by atoms with Crippen molar-refractivity contribution in [3.8, 4) is 11.4 Å². The van der Waals surface area contributed by atoms with Crippen molar-refractivity contribution in [1.82, 2.24) is 14.9 Å². The predicted octanol–water partition coefficient (Wildman–Crippen LogP) is 8.47. The molecule has 7 nitrogen and oxygen atoms in total. The molecule has 2 aromatic carbocycles. The van der Waals surface area contributed by atoms with Crippen molar-refractivity contribution in [2.45, 2.75) is 26.4 Å². The Morgan fingerprint density at radius 2 is 1.70 bits per heavy atom. The highest BCUT2D eigenvalue weighted by Gasteiger charge is 2.30. The first-order valence-electron chi connectivity index (χ1n) is 12.6. The zero-order chi connectivity index (χ0) is 28.9. The van der Waals surface area contributed by atoms with Crippen molar-refractivity contribution in [1.29, 1.82) is 0 Å². The highest BCUT2D eigenvalue weighted by molar-refractivity contribution is 7.24. The van der Waals surface area contributed by atoms with Crippen molar-refractivity contribution in [3.05, 3.63) is 63.5 Å². The molecule has 0 aliphatic heterocycles. The first-order chi connectivity index (χ1) is 19.1. The zero-order valence-corrected chi connectivity index (χ0v) is 24.0. The molecule has 0 bridgehead atoms. The lowest BCUT2D eigenvalue weighted by atomic mass is 10.2. The number of benzene rings is 2. The fourth-order valence-electron chi connectivity index (χ4n) is 3.99. The summed E-state index contributed by atoms with van der Waals surface area (Å²) in [5.41, 5.74) is 0.831. The van der Waals surface area contributed by atoms with Crippen LogP contribution in [0, 0.1) is 0 Å². The van der Waals surface area contributed by atoms with Gasteiger partial charge in [-0.3, -0.25) is 0 Å². The van der Waals surface area contributed by atoms with Gasteiger partial charge in [-0.1, -0.05) is 43.1 Å². The Balaban J connectivity index is 1.48. The Kier molecular flexibility index (Phi) is 9.72. The van der Waals surface area contributed by atoms with Gasteiger partial charge in [0.15, 0.2) is 5.82 Å². The Labute approximate surface area is 243 Å². The average Bonchev–Trinajstić information content (AvgIpc) is 3.22. The Bertz CT molecular complexity index is 1480. The molecule has 4 rings (SSSR count). The third-order valence-electron chi connectivity index (χ3n) is 6.12. The fourth-order valence-corrected chi connectivity index (χ4v) is 5.44. The minimum Gasteiger partial charge on any atom is -0.369 e. The van der Waals surface area contributed by atoms with Crippen LogP contribution in [0.1, 0.15) is 25.8 Å². The molecule has 0 radical (unpaired) electrons. The number of fused-ring (bicyclic) bond motifs is 1. The van der Waals surface area contributed by atoms with E-state index >= 15 is 0 Å². The molecule has 13 heteroatoms. The number of nitrogens with zero attached hydrogens (tertiary/aromatic N) is 3. The molecule has 0 atom stereocenters. The molecular weight excluding hydrogens is 584 g/mol. The standard InChI is InChI=1S/C27H27Cl2F3N6OS/c1-3-38(4-2)14-6-13-33-25-22-21(20(28)23(29)40-22)36-24(37-25)16-9-11-18(12-10-16)34-26(39)35-19-8-5-7-17(15-19)27(30,31)32/h5,7-12,15H,3-4,6,13-14H2,1-2H3,(H,33,36,37)(H2,34,35,39). The van der Waals surface area contributed by atoms with Gasteiger partial charge >= 0.3 is 12.2 Å². The van der Waals surface area contributed by atoms with Crippen LogP contribution in [0.5, 0.6) is 0 Å². The predicted molar refractivity (Wildman–Crippen MR) is 158 cm³/mol. The molecule has 2 heterocycles. The van der Waals surface area contributed by atoms with Crippen molar-refractivity contribution >= 4 is 68.0 Å². The SMILES string of the molecule is CCN(CC)CCCNc1nc(-c2ccc(NC(=O)Nc3cccc(C(F)(F)F)c3)cc2)nc2c(Cl)c(Cl)sc12. The molecule has 3 N–H and O–H groups in total. The van der Waals surface area contributed by atoms with E-state index in [9.17, 15) is 18.0 Å². The van der Waals surface area contributed by atoms with Crippen LogP contribution in [0.3, 0.4) is 0 Å². The van der Waals surface area contributed by atoms with E-state index in [-0.39, 0.29) is 5.69 Å². The number of carbonyl (C=O) groups is 1. The maximum absolute atomic E-state index is 12.9. The lowest BCUT2D eigenvalue weighted by Crippen LogP contribution is -2.25. The summed E-state index contributed by atoms with van der Waals surface area (Å²) in [6.07, 6.45) is -3.58. The third-order valence-corrected chi connectivity index (χ3v) is 8.10. The Morgan fingerprint density at radius 1 is 1.00 bits per heavy atom. The summed E-state index contributed by atoms with van der Waals surface area (Å²) in [5.74, 6) is 1.07. The largest absolute Gasteiger partial charge is 0.416 e. The molecule has 212 valence electrons. The van der Waals surface area contributed by atoms with Gasteiger partial charge < -0.3 is 20.9 Å². The number of halogens is 5. The molecule has 2 aromatic heterocycles. The van der Waals surface area contributed by atoms with Gasteiger partial charge in [0, 0.05) is 23.5 Å². The van der Waals surface area contributed by atoms with Crippen LogP contribution in [0.4, 0.5) is 35.2 Å². The Morgan fingerprint density at radius 3 is 2.38 bits per heavy atom. The number of hydrogen-bond acceptors (Lipinski definition) is 6. The van der Waals surface area contributed by atoms with E-state index in [0.717, 1.165) is 42.9 Å². The summed E-state index contributed by atoms with van der Waals surface area (Å²) in [6.45, 7) is 7.92. The van der Waals surface area contributed by atoms with Gasteiger partial charge in [0.25, 0.3) is 0 Å². The average molecular weight is 612 g/mol. The first-order valence-corrected chi connectivity index (χ1v) is 14.1. The summed E-state index contributed by atoms with van der Waals surface area (Å²) in [7, 11) is 0. The fraction of sp³-hybridized carbons (Fsp3) is 0.296. The number of hydrogen-bond donors (Lipinski definition) is 3. The maximum atomic E-state index is 12.9. The molecule has 0 saturated heterocycles. The van der Waals surface area contributed by atoms with Gasteiger partial charge in [-0.2, -0.15) is 13.2 Å². The van der Waals surface area contributed by atoms with Crippen LogP contribution in [0.2, 0.25) is 9.36 Å².